The van der Waals surface area contributed by atoms with Crippen LogP contribution in [0.2, 0.25) is 0 Å². The van der Waals surface area contributed by atoms with E-state index in [1.807, 2.05) is 11.9 Å². The van der Waals surface area contributed by atoms with Crippen LogP contribution in [-0.2, 0) is 20.8 Å². The number of hydrogen-bond donors (Lipinski definition) is 4. The number of aliphatic hydroxyl groups is 1. The molecule has 0 aliphatic carbocycles. The number of piperazine rings is 1. The Morgan fingerprint density at radius 3 is 2.28 bits per heavy atom. The summed E-state index contributed by atoms with van der Waals surface area (Å²) in [5.74, 6) is -0.914. The molecule has 0 aromatic heterocycles. The minimum atomic E-state index is -1.32. The highest BCUT2D eigenvalue weighted by atomic mass is 16.3. The topological polar surface area (TPSA) is 134 Å². The van der Waals surface area contributed by atoms with Crippen LogP contribution in [0.5, 0.6) is 11.5 Å². The zero-order valence-electron chi connectivity index (χ0n) is 18.9. The number of phenols is 2. The zero-order valence-corrected chi connectivity index (χ0v) is 18.9. The zero-order chi connectivity index (χ0) is 23.8. The number of nitrogens with one attached hydrogen (secondary N) is 1. The predicted molar refractivity (Wildman–Crippen MR) is 118 cm³/mol. The van der Waals surface area contributed by atoms with Crippen molar-refractivity contribution in [2.75, 3.05) is 46.8 Å². The number of likely N-dealkylation sites (tertiary alicyclic amines) is 1. The molecular formula is C22H34N4O6. The molecule has 1 aromatic carbocycles. The molecule has 4 N–H and O–H groups in total. The summed E-state index contributed by atoms with van der Waals surface area (Å²) in [6.45, 7) is 6.40. The number of hydrogen-bond acceptors (Lipinski definition) is 8. The third kappa shape index (κ3) is 7.18. The second-order valence-electron chi connectivity index (χ2n) is 8.39. The first-order chi connectivity index (χ1) is 15.1. The van der Waals surface area contributed by atoms with E-state index in [1.165, 1.54) is 25.1 Å². The van der Waals surface area contributed by atoms with Gasteiger partial charge in [0.15, 0.2) is 11.5 Å². The smallest absolute Gasteiger partial charge is 0.249 e. The normalized spacial score (nSPS) is 20.9. The summed E-state index contributed by atoms with van der Waals surface area (Å²) in [5.41, 5.74) is 0.492. The molecule has 32 heavy (non-hydrogen) atoms. The molecule has 2 fully saturated rings. The highest BCUT2D eigenvalue weighted by Gasteiger charge is 2.34. The van der Waals surface area contributed by atoms with Crippen LogP contribution in [0, 0.1) is 0 Å². The largest absolute Gasteiger partial charge is 0.504 e. The Kier molecular flexibility index (Phi) is 9.42. The van der Waals surface area contributed by atoms with Crippen LogP contribution in [0.25, 0.3) is 0 Å². The van der Waals surface area contributed by atoms with E-state index in [0.29, 0.717) is 17.8 Å². The molecule has 0 radical (unpaired) electrons. The van der Waals surface area contributed by atoms with Gasteiger partial charge in [-0.1, -0.05) is 6.07 Å². The molecule has 3 rings (SSSR count). The second-order valence-corrected chi connectivity index (χ2v) is 8.39. The molecule has 2 saturated heterocycles. The number of carbonyl (C=O) groups excluding carboxylic acids is 3. The monoisotopic (exact) mass is 450 g/mol. The fraction of sp³-hybridized carbons (Fsp3) is 0.591. The van der Waals surface area contributed by atoms with Gasteiger partial charge in [0, 0.05) is 39.1 Å². The van der Waals surface area contributed by atoms with Gasteiger partial charge in [-0.2, -0.15) is 0 Å². The van der Waals surface area contributed by atoms with Crippen LogP contribution in [-0.4, -0.2) is 113 Å². The Morgan fingerprint density at radius 1 is 1.12 bits per heavy atom. The van der Waals surface area contributed by atoms with Crippen LogP contribution >= 0.6 is 0 Å². The summed E-state index contributed by atoms with van der Waals surface area (Å²) in [5, 5.41) is 30.3. The summed E-state index contributed by atoms with van der Waals surface area (Å²) < 4.78 is 0. The third-order valence-electron chi connectivity index (χ3n) is 5.73. The van der Waals surface area contributed by atoms with Crippen LogP contribution < -0.4 is 5.32 Å². The molecule has 3 unspecified atom stereocenters. The van der Waals surface area contributed by atoms with Gasteiger partial charge in [-0.25, -0.2) is 0 Å². The van der Waals surface area contributed by atoms with Gasteiger partial charge >= 0.3 is 0 Å². The predicted octanol–water partition coefficient (Wildman–Crippen LogP) is -0.831. The highest BCUT2D eigenvalue weighted by molar-refractivity contribution is 5.83. The van der Waals surface area contributed by atoms with Crippen molar-refractivity contribution in [2.45, 2.75) is 38.0 Å². The Hall–Kier alpha value is -2.69. The van der Waals surface area contributed by atoms with Gasteiger partial charge < -0.3 is 35.2 Å². The van der Waals surface area contributed by atoms with E-state index in [0.717, 1.165) is 39.1 Å². The van der Waals surface area contributed by atoms with Gasteiger partial charge in [0.2, 0.25) is 11.8 Å². The molecule has 2 heterocycles. The number of carbonyl (C=O) groups is 3. The van der Waals surface area contributed by atoms with E-state index < -0.39 is 18.1 Å². The first-order valence-corrected chi connectivity index (χ1v) is 10.7. The lowest BCUT2D eigenvalue weighted by Gasteiger charge is -2.41. The lowest BCUT2D eigenvalue weighted by molar-refractivity contribution is -0.142. The summed E-state index contributed by atoms with van der Waals surface area (Å²) in [7, 11) is 4.14. The number of aldehydes is 1. The second kappa shape index (κ2) is 11.8. The van der Waals surface area contributed by atoms with Gasteiger partial charge in [0.25, 0.3) is 0 Å². The van der Waals surface area contributed by atoms with Crippen molar-refractivity contribution in [1.29, 1.82) is 0 Å². The molecule has 2 amide bonds. The fourth-order valence-corrected chi connectivity index (χ4v) is 3.43. The molecule has 2 aliphatic rings. The summed E-state index contributed by atoms with van der Waals surface area (Å²) in [6, 6.07) is 3.52. The van der Waals surface area contributed by atoms with Gasteiger partial charge in [0.1, 0.15) is 12.4 Å². The Balaban J connectivity index is 0.000000233. The summed E-state index contributed by atoms with van der Waals surface area (Å²) in [4.78, 5) is 40.2. The van der Waals surface area contributed by atoms with Crippen molar-refractivity contribution >= 4 is 18.1 Å². The Labute approximate surface area is 188 Å². The molecule has 0 bridgehead atoms. The number of aliphatic hydroxyl groups excluding tert-OH is 1. The maximum atomic E-state index is 12.0. The van der Waals surface area contributed by atoms with E-state index in [-0.39, 0.29) is 24.0 Å². The third-order valence-corrected chi connectivity index (χ3v) is 5.73. The SMILES string of the molecule is CC(C=O)NC(=O)C(O)Cc1ccc(O)c(O)c1.CN1CCN(C(=O)C2CCN2C)CC1. The highest BCUT2D eigenvalue weighted by Crippen LogP contribution is 2.25. The van der Waals surface area contributed by atoms with E-state index in [1.54, 1.807) is 0 Å². The first-order valence-electron chi connectivity index (χ1n) is 10.7. The van der Waals surface area contributed by atoms with Crippen molar-refractivity contribution in [2.24, 2.45) is 0 Å². The molecule has 178 valence electrons. The number of rotatable bonds is 6. The number of amides is 2. The first kappa shape index (κ1) is 25.6. The number of benzene rings is 1. The van der Waals surface area contributed by atoms with Crippen LogP contribution in [0.4, 0.5) is 0 Å². The van der Waals surface area contributed by atoms with E-state index in [2.05, 4.69) is 22.2 Å². The van der Waals surface area contributed by atoms with E-state index in [9.17, 15) is 24.6 Å². The number of phenolic OH excluding ortho intramolecular Hbond substituents is 2. The molecule has 0 saturated carbocycles. The van der Waals surface area contributed by atoms with Crippen molar-refractivity contribution in [3.63, 3.8) is 0 Å². The maximum absolute atomic E-state index is 12.0. The standard InChI is InChI=1S/C12H15NO5.C10H19N3O/c1-7(6-14)13-12(18)11(17)5-8-2-3-9(15)10(16)4-8;1-11-5-7-13(8-6-11)10(14)9-3-4-12(9)2/h2-4,6-7,11,15-17H,5H2,1H3,(H,13,18);9H,3-8H2,1-2H3. The van der Waals surface area contributed by atoms with Crippen molar-refractivity contribution in [3.8, 4) is 11.5 Å². The minimum Gasteiger partial charge on any atom is -0.504 e. The summed E-state index contributed by atoms with van der Waals surface area (Å²) >= 11 is 0. The lowest BCUT2D eigenvalue weighted by atomic mass is 10.0. The lowest BCUT2D eigenvalue weighted by Crippen LogP contribution is -2.58. The maximum Gasteiger partial charge on any atom is 0.249 e. The molecular weight excluding hydrogens is 416 g/mol. The Morgan fingerprint density at radius 2 is 1.78 bits per heavy atom. The van der Waals surface area contributed by atoms with Crippen molar-refractivity contribution < 1.29 is 29.7 Å². The van der Waals surface area contributed by atoms with Crippen LogP contribution in [0.1, 0.15) is 18.9 Å². The molecule has 3 atom stereocenters. The van der Waals surface area contributed by atoms with Crippen LogP contribution in [0.3, 0.4) is 0 Å². The minimum absolute atomic E-state index is 0.0226. The average molecular weight is 451 g/mol. The fourth-order valence-electron chi connectivity index (χ4n) is 3.43. The molecule has 0 spiro atoms. The Bertz CT molecular complexity index is 797. The van der Waals surface area contributed by atoms with E-state index in [4.69, 9.17) is 5.11 Å². The number of nitrogens with zero attached hydrogens (tertiary/aromatic N) is 3. The van der Waals surface area contributed by atoms with Crippen molar-refractivity contribution in [3.05, 3.63) is 23.8 Å². The van der Waals surface area contributed by atoms with Gasteiger partial charge in [-0.15, -0.1) is 0 Å². The quantitative estimate of drug-likeness (QED) is 0.326. The number of aromatic hydroxyl groups is 2. The van der Waals surface area contributed by atoms with Crippen LogP contribution in [0.15, 0.2) is 18.2 Å². The van der Waals surface area contributed by atoms with Crippen molar-refractivity contribution in [1.82, 2.24) is 20.0 Å². The number of likely N-dealkylation sites (N-methyl/N-ethyl adjacent to an activating group) is 2. The molecule has 10 heteroatoms. The van der Waals surface area contributed by atoms with Gasteiger partial charge in [-0.05, 0) is 45.1 Å². The average Bonchev–Trinajstić information content (AvgIpc) is 2.75. The van der Waals surface area contributed by atoms with E-state index >= 15 is 0 Å². The van der Waals surface area contributed by atoms with Gasteiger partial charge in [-0.3, -0.25) is 14.5 Å². The summed E-state index contributed by atoms with van der Waals surface area (Å²) in [6.07, 6.45) is 0.251. The van der Waals surface area contributed by atoms with Gasteiger partial charge in [0.05, 0.1) is 12.1 Å². The molecule has 2 aliphatic heterocycles. The molecule has 10 nitrogen and oxygen atoms in total. The molecule has 1 aromatic rings.